The van der Waals surface area contributed by atoms with Crippen molar-refractivity contribution in [3.63, 3.8) is 0 Å². The largest absolute Gasteiger partial charge is 0.381 e. The standard InChI is InChI=1S/C11H23NO2/c1-9(2)14-8-11(3)7-12-6-5-10(11)13-4/h9-10,12H,5-8H2,1-4H3/t10-,11-/m0/s1. The molecule has 0 amide bonds. The third kappa shape index (κ3) is 2.94. The monoisotopic (exact) mass is 201 g/mol. The van der Waals surface area contributed by atoms with Crippen molar-refractivity contribution in [2.45, 2.75) is 39.4 Å². The number of hydrogen-bond acceptors (Lipinski definition) is 3. The fourth-order valence-electron chi connectivity index (χ4n) is 1.97. The highest BCUT2D eigenvalue weighted by molar-refractivity contribution is 4.89. The summed E-state index contributed by atoms with van der Waals surface area (Å²) in [6, 6.07) is 0. The van der Waals surface area contributed by atoms with Crippen LogP contribution in [0, 0.1) is 5.41 Å². The maximum Gasteiger partial charge on any atom is 0.0671 e. The third-order valence-electron chi connectivity index (χ3n) is 2.92. The maximum atomic E-state index is 5.70. The summed E-state index contributed by atoms with van der Waals surface area (Å²) in [5.74, 6) is 0. The van der Waals surface area contributed by atoms with Gasteiger partial charge in [-0.1, -0.05) is 6.92 Å². The number of hydrogen-bond donors (Lipinski definition) is 1. The molecule has 1 heterocycles. The van der Waals surface area contributed by atoms with E-state index in [1.807, 2.05) is 0 Å². The molecular formula is C11H23NO2. The number of piperidine rings is 1. The lowest BCUT2D eigenvalue weighted by molar-refractivity contribution is -0.0817. The molecule has 0 aliphatic carbocycles. The number of rotatable bonds is 4. The molecule has 1 N–H and O–H groups in total. The summed E-state index contributed by atoms with van der Waals surface area (Å²) in [5.41, 5.74) is 0.122. The fraction of sp³-hybridized carbons (Fsp3) is 1.00. The topological polar surface area (TPSA) is 30.5 Å². The second-order valence-electron chi connectivity index (χ2n) is 4.70. The van der Waals surface area contributed by atoms with Gasteiger partial charge in [0.25, 0.3) is 0 Å². The Morgan fingerprint density at radius 2 is 2.21 bits per heavy atom. The lowest BCUT2D eigenvalue weighted by Gasteiger charge is -2.41. The molecule has 0 spiro atoms. The van der Waals surface area contributed by atoms with Crippen LogP contribution in [-0.2, 0) is 9.47 Å². The van der Waals surface area contributed by atoms with Gasteiger partial charge in [-0.3, -0.25) is 0 Å². The zero-order valence-corrected chi connectivity index (χ0v) is 9.80. The number of methoxy groups -OCH3 is 1. The summed E-state index contributed by atoms with van der Waals surface area (Å²) in [4.78, 5) is 0. The van der Waals surface area contributed by atoms with E-state index in [0.717, 1.165) is 26.1 Å². The first kappa shape index (κ1) is 12.0. The minimum absolute atomic E-state index is 0.122. The van der Waals surface area contributed by atoms with Crippen LogP contribution in [0.1, 0.15) is 27.2 Å². The van der Waals surface area contributed by atoms with E-state index in [4.69, 9.17) is 9.47 Å². The average Bonchev–Trinajstić information content (AvgIpc) is 2.16. The molecule has 0 aromatic carbocycles. The molecule has 2 atom stereocenters. The molecule has 14 heavy (non-hydrogen) atoms. The van der Waals surface area contributed by atoms with Gasteiger partial charge in [0.1, 0.15) is 0 Å². The van der Waals surface area contributed by atoms with Crippen LogP contribution in [0.2, 0.25) is 0 Å². The first-order valence-electron chi connectivity index (χ1n) is 5.43. The fourth-order valence-corrected chi connectivity index (χ4v) is 1.97. The van der Waals surface area contributed by atoms with Gasteiger partial charge in [0.15, 0.2) is 0 Å². The molecule has 0 aromatic rings. The first-order valence-corrected chi connectivity index (χ1v) is 5.43. The lowest BCUT2D eigenvalue weighted by atomic mass is 9.80. The summed E-state index contributed by atoms with van der Waals surface area (Å²) in [7, 11) is 1.80. The molecule has 1 aliphatic heterocycles. The van der Waals surface area contributed by atoms with Crippen molar-refractivity contribution >= 4 is 0 Å². The zero-order chi connectivity index (χ0) is 10.6. The van der Waals surface area contributed by atoms with E-state index in [1.165, 1.54) is 0 Å². The van der Waals surface area contributed by atoms with Crippen molar-refractivity contribution < 1.29 is 9.47 Å². The van der Waals surface area contributed by atoms with Gasteiger partial charge in [-0.05, 0) is 26.8 Å². The van der Waals surface area contributed by atoms with Crippen molar-refractivity contribution in [1.29, 1.82) is 0 Å². The van der Waals surface area contributed by atoms with Crippen LogP contribution in [-0.4, -0.2) is 39.0 Å². The van der Waals surface area contributed by atoms with Crippen molar-refractivity contribution in [3.05, 3.63) is 0 Å². The third-order valence-corrected chi connectivity index (χ3v) is 2.92. The predicted molar refractivity (Wildman–Crippen MR) is 57.5 cm³/mol. The minimum Gasteiger partial charge on any atom is -0.381 e. The smallest absolute Gasteiger partial charge is 0.0671 e. The summed E-state index contributed by atoms with van der Waals surface area (Å²) in [6.07, 6.45) is 1.70. The van der Waals surface area contributed by atoms with Crippen LogP contribution in [0.3, 0.4) is 0 Å². The summed E-state index contributed by atoms with van der Waals surface area (Å²) in [5, 5.41) is 3.40. The van der Waals surface area contributed by atoms with Gasteiger partial charge in [-0.15, -0.1) is 0 Å². The Bertz CT molecular complexity index is 173. The molecule has 1 saturated heterocycles. The average molecular weight is 201 g/mol. The summed E-state index contributed by atoms with van der Waals surface area (Å²) < 4.78 is 11.2. The van der Waals surface area contributed by atoms with Gasteiger partial charge < -0.3 is 14.8 Å². The van der Waals surface area contributed by atoms with Crippen molar-refractivity contribution in [2.75, 3.05) is 26.8 Å². The molecule has 3 heteroatoms. The summed E-state index contributed by atoms with van der Waals surface area (Å²) >= 11 is 0. The maximum absolute atomic E-state index is 5.70. The lowest BCUT2D eigenvalue weighted by Crippen LogP contribution is -2.51. The predicted octanol–water partition coefficient (Wildman–Crippen LogP) is 1.43. The molecule has 1 rings (SSSR count). The van der Waals surface area contributed by atoms with Gasteiger partial charge in [0.05, 0.1) is 18.8 Å². The van der Waals surface area contributed by atoms with E-state index in [-0.39, 0.29) is 5.41 Å². The molecule has 0 radical (unpaired) electrons. The second kappa shape index (κ2) is 5.10. The zero-order valence-electron chi connectivity index (χ0n) is 9.80. The molecule has 0 saturated carbocycles. The van der Waals surface area contributed by atoms with Gasteiger partial charge in [-0.2, -0.15) is 0 Å². The van der Waals surface area contributed by atoms with E-state index in [9.17, 15) is 0 Å². The van der Waals surface area contributed by atoms with Crippen molar-refractivity contribution in [1.82, 2.24) is 5.32 Å². The van der Waals surface area contributed by atoms with Crippen molar-refractivity contribution in [3.8, 4) is 0 Å². The van der Waals surface area contributed by atoms with Crippen LogP contribution in [0.15, 0.2) is 0 Å². The van der Waals surface area contributed by atoms with Gasteiger partial charge in [0, 0.05) is 19.1 Å². The van der Waals surface area contributed by atoms with Gasteiger partial charge in [0.2, 0.25) is 0 Å². The summed E-state index contributed by atoms with van der Waals surface area (Å²) in [6.45, 7) is 9.18. The molecule has 0 unspecified atom stereocenters. The van der Waals surface area contributed by atoms with Crippen molar-refractivity contribution in [2.24, 2.45) is 5.41 Å². The highest BCUT2D eigenvalue weighted by Crippen LogP contribution is 2.28. The molecule has 3 nitrogen and oxygen atoms in total. The Balaban J connectivity index is 2.49. The molecule has 84 valence electrons. The van der Waals surface area contributed by atoms with E-state index >= 15 is 0 Å². The molecule has 1 fully saturated rings. The van der Waals surface area contributed by atoms with E-state index in [2.05, 4.69) is 26.1 Å². The molecular weight excluding hydrogens is 178 g/mol. The molecule has 0 aromatic heterocycles. The van der Waals surface area contributed by atoms with E-state index < -0.39 is 0 Å². The molecule has 1 aliphatic rings. The van der Waals surface area contributed by atoms with E-state index in [1.54, 1.807) is 7.11 Å². The van der Waals surface area contributed by atoms with Crippen LogP contribution < -0.4 is 5.32 Å². The van der Waals surface area contributed by atoms with Crippen LogP contribution >= 0.6 is 0 Å². The Hall–Kier alpha value is -0.120. The van der Waals surface area contributed by atoms with Crippen LogP contribution in [0.4, 0.5) is 0 Å². The SMILES string of the molecule is CO[C@H]1CCNC[C@@]1(C)COC(C)C. The number of ether oxygens (including phenoxy) is 2. The van der Waals surface area contributed by atoms with E-state index in [0.29, 0.717) is 12.2 Å². The Morgan fingerprint density at radius 3 is 2.79 bits per heavy atom. The highest BCUT2D eigenvalue weighted by atomic mass is 16.5. The Kier molecular flexibility index (Phi) is 4.35. The number of nitrogens with one attached hydrogen (secondary N) is 1. The Morgan fingerprint density at radius 1 is 1.50 bits per heavy atom. The van der Waals surface area contributed by atoms with Gasteiger partial charge >= 0.3 is 0 Å². The quantitative estimate of drug-likeness (QED) is 0.746. The Labute approximate surface area is 87.2 Å². The second-order valence-corrected chi connectivity index (χ2v) is 4.70. The van der Waals surface area contributed by atoms with Crippen LogP contribution in [0.5, 0.6) is 0 Å². The molecule has 0 bridgehead atoms. The normalized spacial score (nSPS) is 33.6. The van der Waals surface area contributed by atoms with Gasteiger partial charge in [-0.25, -0.2) is 0 Å². The van der Waals surface area contributed by atoms with Crippen LogP contribution in [0.25, 0.3) is 0 Å². The highest BCUT2D eigenvalue weighted by Gasteiger charge is 2.37. The first-order chi connectivity index (χ1) is 6.58. The minimum atomic E-state index is 0.122.